The van der Waals surface area contributed by atoms with Crippen LogP contribution in [0.5, 0.6) is 0 Å². The molecule has 4 unspecified atom stereocenters. The Kier molecular flexibility index (Phi) is 4.25. The monoisotopic (exact) mass is 250 g/mol. The topological polar surface area (TPSA) is 15.3 Å². The SMILES string of the molecule is CC(CC1CCCCN1)N1CC2CCCC(C2)C1. The Morgan fingerprint density at radius 3 is 2.50 bits per heavy atom. The van der Waals surface area contributed by atoms with E-state index in [9.17, 15) is 0 Å². The molecule has 0 aromatic heterocycles. The zero-order chi connectivity index (χ0) is 12.4. The first kappa shape index (κ1) is 12.9. The fourth-order valence-corrected chi connectivity index (χ4v) is 4.52. The summed E-state index contributed by atoms with van der Waals surface area (Å²) in [5.41, 5.74) is 0. The van der Waals surface area contributed by atoms with Gasteiger partial charge in [-0.1, -0.05) is 12.8 Å². The summed E-state index contributed by atoms with van der Waals surface area (Å²) in [5, 5.41) is 3.71. The molecule has 0 radical (unpaired) electrons. The third-order valence-electron chi connectivity index (χ3n) is 5.54. The molecule has 1 aliphatic carbocycles. The molecule has 2 heterocycles. The lowest BCUT2D eigenvalue weighted by Gasteiger charge is -2.44. The minimum atomic E-state index is 0.795. The summed E-state index contributed by atoms with van der Waals surface area (Å²) in [7, 11) is 0. The van der Waals surface area contributed by atoms with Crippen LogP contribution in [0.3, 0.4) is 0 Å². The van der Waals surface area contributed by atoms with Gasteiger partial charge in [-0.3, -0.25) is 0 Å². The molecule has 2 bridgehead atoms. The summed E-state index contributed by atoms with van der Waals surface area (Å²) < 4.78 is 0. The van der Waals surface area contributed by atoms with E-state index in [1.54, 1.807) is 0 Å². The lowest BCUT2D eigenvalue weighted by molar-refractivity contribution is 0.0513. The average Bonchev–Trinajstić information content (AvgIpc) is 2.39. The molecule has 18 heavy (non-hydrogen) atoms. The molecule has 1 saturated carbocycles. The lowest BCUT2D eigenvalue weighted by atomic mass is 9.77. The number of nitrogens with one attached hydrogen (secondary N) is 1. The van der Waals surface area contributed by atoms with Crippen molar-refractivity contribution < 1.29 is 0 Å². The van der Waals surface area contributed by atoms with Crippen LogP contribution in [0, 0.1) is 11.8 Å². The Balaban J connectivity index is 1.50. The fourth-order valence-electron chi connectivity index (χ4n) is 4.52. The van der Waals surface area contributed by atoms with E-state index in [1.807, 2.05) is 0 Å². The van der Waals surface area contributed by atoms with Gasteiger partial charge in [0.05, 0.1) is 0 Å². The molecule has 104 valence electrons. The van der Waals surface area contributed by atoms with E-state index >= 15 is 0 Å². The first-order valence-corrected chi connectivity index (χ1v) is 8.28. The van der Waals surface area contributed by atoms with E-state index in [-0.39, 0.29) is 0 Å². The van der Waals surface area contributed by atoms with Crippen LogP contribution in [0.15, 0.2) is 0 Å². The van der Waals surface area contributed by atoms with Gasteiger partial charge in [0.25, 0.3) is 0 Å². The standard InChI is InChI=1S/C16H30N2/c1-13(9-16-7-2-3-8-17-16)18-11-14-5-4-6-15(10-14)12-18/h13-17H,2-12H2,1H3. The zero-order valence-electron chi connectivity index (χ0n) is 12.0. The van der Waals surface area contributed by atoms with Crippen molar-refractivity contribution in [1.29, 1.82) is 0 Å². The second-order valence-corrected chi connectivity index (χ2v) is 7.08. The number of nitrogens with zero attached hydrogens (tertiary/aromatic N) is 1. The molecule has 0 amide bonds. The van der Waals surface area contributed by atoms with E-state index in [0.717, 1.165) is 23.9 Å². The Morgan fingerprint density at radius 2 is 1.83 bits per heavy atom. The van der Waals surface area contributed by atoms with Crippen LogP contribution in [0.2, 0.25) is 0 Å². The maximum atomic E-state index is 3.71. The van der Waals surface area contributed by atoms with Crippen molar-refractivity contribution in [2.45, 2.75) is 70.4 Å². The Hall–Kier alpha value is -0.0800. The van der Waals surface area contributed by atoms with Gasteiger partial charge in [-0.15, -0.1) is 0 Å². The molecule has 0 aromatic rings. The van der Waals surface area contributed by atoms with Crippen molar-refractivity contribution in [2.75, 3.05) is 19.6 Å². The number of rotatable bonds is 3. The third-order valence-corrected chi connectivity index (χ3v) is 5.54. The van der Waals surface area contributed by atoms with Gasteiger partial charge in [0.15, 0.2) is 0 Å². The van der Waals surface area contributed by atoms with Crippen molar-refractivity contribution in [3.63, 3.8) is 0 Å². The summed E-state index contributed by atoms with van der Waals surface area (Å²) >= 11 is 0. The van der Waals surface area contributed by atoms with Crippen molar-refractivity contribution in [2.24, 2.45) is 11.8 Å². The van der Waals surface area contributed by atoms with Crippen LogP contribution in [-0.2, 0) is 0 Å². The first-order valence-electron chi connectivity index (χ1n) is 8.28. The van der Waals surface area contributed by atoms with Crippen molar-refractivity contribution in [3.05, 3.63) is 0 Å². The number of hydrogen-bond acceptors (Lipinski definition) is 2. The second-order valence-electron chi connectivity index (χ2n) is 7.08. The summed E-state index contributed by atoms with van der Waals surface area (Å²) in [6, 6.07) is 1.60. The molecule has 2 heteroatoms. The predicted molar refractivity (Wildman–Crippen MR) is 76.7 cm³/mol. The molecule has 4 atom stereocenters. The maximum absolute atomic E-state index is 3.71. The number of fused-ring (bicyclic) bond motifs is 2. The maximum Gasteiger partial charge on any atom is 0.00819 e. The Bertz CT molecular complexity index is 248. The smallest absolute Gasteiger partial charge is 0.00819 e. The molecular formula is C16H30N2. The first-order chi connectivity index (χ1) is 8.81. The van der Waals surface area contributed by atoms with Gasteiger partial charge in [-0.25, -0.2) is 0 Å². The van der Waals surface area contributed by atoms with Gasteiger partial charge in [0.1, 0.15) is 0 Å². The molecule has 0 spiro atoms. The highest BCUT2D eigenvalue weighted by atomic mass is 15.2. The minimum Gasteiger partial charge on any atom is -0.314 e. The van der Waals surface area contributed by atoms with Gasteiger partial charge in [-0.05, 0) is 63.8 Å². The minimum absolute atomic E-state index is 0.795. The molecule has 0 aromatic carbocycles. The summed E-state index contributed by atoms with van der Waals surface area (Å²) in [6.45, 7) is 6.51. The summed E-state index contributed by atoms with van der Waals surface area (Å²) in [6.07, 6.45) is 11.6. The summed E-state index contributed by atoms with van der Waals surface area (Å²) in [5.74, 6) is 2.05. The Labute approximate surface area is 113 Å². The van der Waals surface area contributed by atoms with Gasteiger partial charge >= 0.3 is 0 Å². The Morgan fingerprint density at radius 1 is 1.06 bits per heavy atom. The molecule has 2 saturated heterocycles. The molecule has 2 nitrogen and oxygen atoms in total. The highest BCUT2D eigenvalue weighted by Crippen LogP contribution is 2.35. The van der Waals surface area contributed by atoms with Crippen LogP contribution >= 0.6 is 0 Å². The van der Waals surface area contributed by atoms with Crippen molar-refractivity contribution >= 4 is 0 Å². The summed E-state index contributed by atoms with van der Waals surface area (Å²) in [4.78, 5) is 2.81. The van der Waals surface area contributed by atoms with Crippen LogP contribution in [-0.4, -0.2) is 36.6 Å². The third kappa shape index (κ3) is 3.08. The van der Waals surface area contributed by atoms with Crippen LogP contribution in [0.1, 0.15) is 58.3 Å². The predicted octanol–water partition coefficient (Wildman–Crippen LogP) is 3.03. The molecule has 3 aliphatic rings. The van der Waals surface area contributed by atoms with E-state index in [1.165, 1.54) is 71.0 Å². The molecule has 3 fully saturated rings. The molecular weight excluding hydrogens is 220 g/mol. The van der Waals surface area contributed by atoms with Gasteiger partial charge in [0, 0.05) is 25.2 Å². The molecule has 1 N–H and O–H groups in total. The average molecular weight is 250 g/mol. The van der Waals surface area contributed by atoms with Gasteiger partial charge in [0.2, 0.25) is 0 Å². The molecule has 2 aliphatic heterocycles. The number of hydrogen-bond donors (Lipinski definition) is 1. The van der Waals surface area contributed by atoms with Crippen LogP contribution in [0.25, 0.3) is 0 Å². The van der Waals surface area contributed by atoms with Crippen molar-refractivity contribution in [1.82, 2.24) is 10.2 Å². The van der Waals surface area contributed by atoms with E-state index in [2.05, 4.69) is 17.1 Å². The largest absolute Gasteiger partial charge is 0.314 e. The van der Waals surface area contributed by atoms with Gasteiger partial charge in [-0.2, -0.15) is 0 Å². The zero-order valence-corrected chi connectivity index (χ0v) is 12.0. The molecule has 3 rings (SSSR count). The lowest BCUT2D eigenvalue weighted by Crippen LogP contribution is -2.49. The fraction of sp³-hybridized carbons (Fsp3) is 1.00. The quantitative estimate of drug-likeness (QED) is 0.828. The highest BCUT2D eigenvalue weighted by molar-refractivity contribution is 4.87. The van der Waals surface area contributed by atoms with Crippen molar-refractivity contribution in [3.8, 4) is 0 Å². The van der Waals surface area contributed by atoms with E-state index in [4.69, 9.17) is 0 Å². The highest BCUT2D eigenvalue weighted by Gasteiger charge is 2.32. The van der Waals surface area contributed by atoms with E-state index < -0.39 is 0 Å². The van der Waals surface area contributed by atoms with E-state index in [0.29, 0.717) is 0 Å². The van der Waals surface area contributed by atoms with Gasteiger partial charge < -0.3 is 10.2 Å². The number of piperidine rings is 2. The van der Waals surface area contributed by atoms with Crippen LogP contribution < -0.4 is 5.32 Å². The second kappa shape index (κ2) is 5.92. The van der Waals surface area contributed by atoms with Crippen LogP contribution in [0.4, 0.5) is 0 Å². The normalized spacial score (nSPS) is 39.5. The number of likely N-dealkylation sites (tertiary alicyclic amines) is 1.